The van der Waals surface area contributed by atoms with Crippen molar-refractivity contribution >= 4 is 44.8 Å². The molecule has 1 heterocycles. The third-order valence-electron chi connectivity index (χ3n) is 3.10. The number of rotatable bonds is 6. The minimum absolute atomic E-state index is 0.0380. The zero-order valence-corrected chi connectivity index (χ0v) is 15.1. The van der Waals surface area contributed by atoms with Crippen LogP contribution in [-0.2, 0) is 21.4 Å². The van der Waals surface area contributed by atoms with Gasteiger partial charge >= 0.3 is 0 Å². The van der Waals surface area contributed by atoms with Crippen LogP contribution in [0, 0.1) is 0 Å². The van der Waals surface area contributed by atoms with E-state index in [2.05, 4.69) is 10.3 Å². The molecule has 0 atom stereocenters. The Morgan fingerprint density at radius 1 is 1.21 bits per heavy atom. The molecule has 0 bridgehead atoms. The summed E-state index contributed by atoms with van der Waals surface area (Å²) in [7, 11) is -3.59. The highest BCUT2D eigenvalue weighted by atomic mass is 35.5. The topological polar surface area (TPSA) is 79.4 Å². The van der Waals surface area contributed by atoms with E-state index in [-0.39, 0.29) is 28.8 Å². The van der Waals surface area contributed by atoms with Gasteiger partial charge in [0.1, 0.15) is 0 Å². The molecule has 9 heteroatoms. The van der Waals surface area contributed by atoms with Crippen molar-refractivity contribution in [1.29, 1.82) is 0 Å². The van der Waals surface area contributed by atoms with Crippen molar-refractivity contribution in [2.75, 3.05) is 18.1 Å². The Morgan fingerprint density at radius 3 is 2.42 bits per heavy atom. The molecule has 0 saturated carbocycles. The number of hydrogen-bond acceptors (Lipinski definition) is 4. The molecule has 0 spiro atoms. The zero-order chi connectivity index (χ0) is 17.7. The largest absolute Gasteiger partial charge is 0.322 e. The number of sulfonamides is 1. The zero-order valence-electron chi connectivity index (χ0n) is 12.7. The van der Waals surface area contributed by atoms with Crippen LogP contribution in [0.3, 0.4) is 0 Å². The number of anilines is 1. The number of carbonyl (C=O) groups excluding carboxylic acids is 1. The van der Waals surface area contributed by atoms with Crippen LogP contribution in [0.2, 0.25) is 10.0 Å². The summed E-state index contributed by atoms with van der Waals surface area (Å²) in [5.41, 5.74) is 0.923. The lowest BCUT2D eigenvalue weighted by molar-refractivity contribution is -0.116. The highest BCUT2D eigenvalue weighted by Crippen LogP contribution is 2.29. The lowest BCUT2D eigenvalue weighted by Gasteiger charge is -2.19. The molecular weight excluding hydrogens is 373 g/mol. The fourth-order valence-electron chi connectivity index (χ4n) is 1.94. The van der Waals surface area contributed by atoms with E-state index in [0.29, 0.717) is 5.56 Å². The van der Waals surface area contributed by atoms with Gasteiger partial charge in [0.25, 0.3) is 0 Å². The van der Waals surface area contributed by atoms with Gasteiger partial charge in [-0.2, -0.15) is 4.31 Å². The first-order valence-electron chi connectivity index (χ1n) is 6.85. The number of amides is 1. The SMILES string of the molecule is CS(=O)(=O)N(CC(=O)Nc1c(Cl)cccc1Cl)Cc1cccnc1. The number of nitrogens with one attached hydrogen (secondary N) is 1. The maximum Gasteiger partial charge on any atom is 0.239 e. The van der Waals surface area contributed by atoms with E-state index in [4.69, 9.17) is 23.2 Å². The first kappa shape index (κ1) is 18.7. The van der Waals surface area contributed by atoms with Crippen LogP contribution in [0.15, 0.2) is 42.7 Å². The lowest BCUT2D eigenvalue weighted by atomic mass is 10.3. The van der Waals surface area contributed by atoms with Gasteiger partial charge in [0.2, 0.25) is 15.9 Å². The molecule has 0 aliphatic rings. The van der Waals surface area contributed by atoms with Gasteiger partial charge in [-0.15, -0.1) is 0 Å². The van der Waals surface area contributed by atoms with Crippen LogP contribution in [0.5, 0.6) is 0 Å². The predicted molar refractivity (Wildman–Crippen MR) is 94.6 cm³/mol. The van der Waals surface area contributed by atoms with E-state index in [1.807, 2.05) is 0 Å². The standard InChI is InChI=1S/C15H15Cl2N3O3S/c1-24(22,23)20(9-11-4-3-7-18-8-11)10-14(21)19-15-12(16)5-2-6-13(15)17/h2-8H,9-10H2,1H3,(H,19,21). The lowest BCUT2D eigenvalue weighted by Crippen LogP contribution is -2.37. The van der Waals surface area contributed by atoms with Gasteiger partial charge in [-0.25, -0.2) is 8.42 Å². The average Bonchev–Trinajstić information content (AvgIpc) is 2.50. The molecule has 2 rings (SSSR count). The molecule has 0 fully saturated rings. The molecule has 0 saturated heterocycles. The number of carbonyl (C=O) groups is 1. The van der Waals surface area contributed by atoms with Crippen molar-refractivity contribution in [3.8, 4) is 0 Å². The minimum Gasteiger partial charge on any atom is -0.322 e. The van der Waals surface area contributed by atoms with Gasteiger partial charge in [0.15, 0.2) is 0 Å². The molecule has 2 aromatic rings. The molecule has 0 aliphatic carbocycles. The molecule has 1 aromatic heterocycles. The number of halogens is 2. The van der Waals surface area contributed by atoms with Crippen molar-refractivity contribution in [3.05, 3.63) is 58.3 Å². The van der Waals surface area contributed by atoms with Crippen molar-refractivity contribution in [3.63, 3.8) is 0 Å². The van der Waals surface area contributed by atoms with Crippen LogP contribution in [0.1, 0.15) is 5.56 Å². The van der Waals surface area contributed by atoms with E-state index in [1.54, 1.807) is 42.7 Å². The molecule has 1 amide bonds. The van der Waals surface area contributed by atoms with Crippen LogP contribution in [0.25, 0.3) is 0 Å². The summed E-state index contributed by atoms with van der Waals surface area (Å²) < 4.78 is 24.9. The molecule has 6 nitrogen and oxygen atoms in total. The van der Waals surface area contributed by atoms with Crippen LogP contribution < -0.4 is 5.32 Å². The summed E-state index contributed by atoms with van der Waals surface area (Å²) in [5, 5.41) is 3.09. The summed E-state index contributed by atoms with van der Waals surface area (Å²) in [6, 6.07) is 8.22. The Morgan fingerprint density at radius 2 is 1.88 bits per heavy atom. The van der Waals surface area contributed by atoms with E-state index in [1.165, 1.54) is 0 Å². The van der Waals surface area contributed by atoms with E-state index in [9.17, 15) is 13.2 Å². The predicted octanol–water partition coefficient (Wildman–Crippen LogP) is 2.79. The van der Waals surface area contributed by atoms with Crippen molar-refractivity contribution in [2.24, 2.45) is 0 Å². The fourth-order valence-corrected chi connectivity index (χ4v) is 3.17. The summed E-state index contributed by atoms with van der Waals surface area (Å²) in [6.45, 7) is -0.328. The van der Waals surface area contributed by atoms with Crippen LogP contribution in [0.4, 0.5) is 5.69 Å². The second-order valence-electron chi connectivity index (χ2n) is 5.04. The fraction of sp³-hybridized carbons (Fsp3) is 0.200. The molecule has 0 radical (unpaired) electrons. The maximum absolute atomic E-state index is 12.2. The summed E-state index contributed by atoms with van der Waals surface area (Å²) >= 11 is 12.0. The second-order valence-corrected chi connectivity index (χ2v) is 7.83. The van der Waals surface area contributed by atoms with Crippen molar-refractivity contribution in [2.45, 2.75) is 6.54 Å². The molecule has 24 heavy (non-hydrogen) atoms. The molecule has 128 valence electrons. The number of pyridine rings is 1. The number of hydrogen-bond donors (Lipinski definition) is 1. The molecular formula is C15H15Cl2N3O3S. The Bertz CT molecular complexity index is 809. The van der Waals surface area contributed by atoms with Gasteiger partial charge in [0.05, 0.1) is 28.5 Å². The van der Waals surface area contributed by atoms with E-state index in [0.717, 1.165) is 10.6 Å². The van der Waals surface area contributed by atoms with E-state index >= 15 is 0 Å². The first-order valence-corrected chi connectivity index (χ1v) is 9.45. The van der Waals surface area contributed by atoms with Crippen LogP contribution >= 0.6 is 23.2 Å². The number of benzene rings is 1. The second kappa shape index (κ2) is 7.94. The minimum atomic E-state index is -3.59. The quantitative estimate of drug-likeness (QED) is 0.826. The Balaban J connectivity index is 2.13. The van der Waals surface area contributed by atoms with Gasteiger partial charge in [-0.3, -0.25) is 9.78 Å². The normalized spacial score (nSPS) is 11.5. The summed E-state index contributed by atoms with van der Waals surface area (Å²) in [5.74, 6) is -0.542. The van der Waals surface area contributed by atoms with E-state index < -0.39 is 15.9 Å². The van der Waals surface area contributed by atoms with Crippen molar-refractivity contribution in [1.82, 2.24) is 9.29 Å². The maximum atomic E-state index is 12.2. The highest BCUT2D eigenvalue weighted by molar-refractivity contribution is 7.88. The third kappa shape index (κ3) is 5.17. The third-order valence-corrected chi connectivity index (χ3v) is 4.92. The Kier molecular flexibility index (Phi) is 6.17. The number of nitrogens with zero attached hydrogens (tertiary/aromatic N) is 2. The monoisotopic (exact) mass is 387 g/mol. The average molecular weight is 388 g/mol. The van der Waals surface area contributed by atoms with Gasteiger partial charge < -0.3 is 5.32 Å². The Labute approximate surface area is 150 Å². The van der Waals surface area contributed by atoms with Crippen molar-refractivity contribution < 1.29 is 13.2 Å². The molecule has 0 unspecified atom stereocenters. The number of para-hydroxylation sites is 1. The summed E-state index contributed by atoms with van der Waals surface area (Å²) in [6.07, 6.45) is 4.17. The highest BCUT2D eigenvalue weighted by Gasteiger charge is 2.21. The summed E-state index contributed by atoms with van der Waals surface area (Å²) in [4.78, 5) is 16.1. The molecule has 1 N–H and O–H groups in total. The van der Waals surface area contributed by atoms with Crippen LogP contribution in [-0.4, -0.2) is 36.4 Å². The smallest absolute Gasteiger partial charge is 0.239 e. The number of aromatic nitrogens is 1. The van der Waals surface area contributed by atoms with Gasteiger partial charge in [-0.1, -0.05) is 35.3 Å². The van der Waals surface area contributed by atoms with Gasteiger partial charge in [0, 0.05) is 18.9 Å². The molecule has 1 aromatic carbocycles. The first-order chi connectivity index (χ1) is 11.3. The van der Waals surface area contributed by atoms with Gasteiger partial charge in [-0.05, 0) is 23.8 Å². The molecule has 0 aliphatic heterocycles. The Hall–Kier alpha value is -1.67.